The van der Waals surface area contributed by atoms with Gasteiger partial charge in [-0.1, -0.05) is 19.1 Å². The van der Waals surface area contributed by atoms with Gasteiger partial charge in [0.15, 0.2) is 0 Å². The normalized spacial score (nSPS) is 12.5. The summed E-state index contributed by atoms with van der Waals surface area (Å²) in [7, 11) is 1.89. The molecule has 0 bridgehead atoms. The van der Waals surface area contributed by atoms with Crippen LogP contribution in [-0.2, 0) is 0 Å². The summed E-state index contributed by atoms with van der Waals surface area (Å²) in [4.78, 5) is 0. The lowest BCUT2D eigenvalue weighted by molar-refractivity contribution is 0.448. The number of benzene rings is 1. The molecule has 0 aromatic heterocycles. The zero-order valence-electron chi connectivity index (χ0n) is 8.18. The smallest absolute Gasteiger partial charge is 0.0900 e. The van der Waals surface area contributed by atoms with Crippen molar-refractivity contribution in [1.29, 1.82) is 0 Å². The molecule has 1 N–H and O–H groups in total. The fourth-order valence-electron chi connectivity index (χ4n) is 1.31. The summed E-state index contributed by atoms with van der Waals surface area (Å²) < 4.78 is 12.1. The summed E-state index contributed by atoms with van der Waals surface area (Å²) in [5.41, 5.74) is 2.30. The Kier molecular flexibility index (Phi) is 3.74. The van der Waals surface area contributed by atoms with Gasteiger partial charge in [-0.3, -0.25) is 4.39 Å². The van der Waals surface area contributed by atoms with Crippen LogP contribution in [0.25, 0.3) is 0 Å². The molecule has 72 valence electrons. The van der Waals surface area contributed by atoms with Crippen LogP contribution < -0.4 is 5.32 Å². The van der Waals surface area contributed by atoms with E-state index in [-0.39, 0.29) is 6.67 Å². The average Bonchev–Trinajstić information content (AvgIpc) is 2.18. The molecule has 0 saturated heterocycles. The lowest BCUT2D eigenvalue weighted by atomic mass is 9.98. The van der Waals surface area contributed by atoms with Crippen LogP contribution >= 0.6 is 0 Å². The molecule has 0 radical (unpaired) electrons. The van der Waals surface area contributed by atoms with E-state index in [0.717, 1.165) is 5.69 Å². The molecule has 1 rings (SSSR count). The molecule has 1 aromatic carbocycles. The largest absolute Gasteiger partial charge is 0.388 e. The monoisotopic (exact) mass is 181 g/mol. The maximum absolute atomic E-state index is 12.1. The number of alkyl halides is 1. The van der Waals surface area contributed by atoms with Gasteiger partial charge in [-0.2, -0.15) is 0 Å². The first-order valence-corrected chi connectivity index (χ1v) is 4.61. The standard InChI is InChI=1S/C11H16FN/c1-9(7-8-12)10-3-5-11(13-2)6-4-10/h3-6,9,13H,7-8H2,1-2H3. The van der Waals surface area contributed by atoms with E-state index in [9.17, 15) is 4.39 Å². The first-order valence-electron chi connectivity index (χ1n) is 4.61. The molecule has 0 fully saturated rings. The van der Waals surface area contributed by atoms with Crippen molar-refractivity contribution in [2.45, 2.75) is 19.3 Å². The fourth-order valence-corrected chi connectivity index (χ4v) is 1.31. The van der Waals surface area contributed by atoms with Crippen molar-refractivity contribution in [2.75, 3.05) is 19.0 Å². The third-order valence-electron chi connectivity index (χ3n) is 2.31. The summed E-state index contributed by atoms with van der Waals surface area (Å²) in [6, 6.07) is 8.13. The average molecular weight is 181 g/mol. The van der Waals surface area contributed by atoms with E-state index in [1.807, 2.05) is 38.2 Å². The number of rotatable bonds is 4. The highest BCUT2D eigenvalue weighted by Gasteiger charge is 2.03. The fraction of sp³-hybridized carbons (Fsp3) is 0.455. The Morgan fingerprint density at radius 3 is 2.38 bits per heavy atom. The first kappa shape index (κ1) is 10.0. The van der Waals surface area contributed by atoms with Gasteiger partial charge >= 0.3 is 0 Å². The van der Waals surface area contributed by atoms with Gasteiger partial charge < -0.3 is 5.32 Å². The van der Waals surface area contributed by atoms with E-state index in [1.54, 1.807) is 0 Å². The molecule has 1 unspecified atom stereocenters. The Morgan fingerprint density at radius 2 is 1.92 bits per heavy atom. The third-order valence-corrected chi connectivity index (χ3v) is 2.31. The van der Waals surface area contributed by atoms with Gasteiger partial charge in [0.05, 0.1) is 6.67 Å². The topological polar surface area (TPSA) is 12.0 Å². The lowest BCUT2D eigenvalue weighted by Gasteiger charge is -2.09. The molecule has 0 aliphatic heterocycles. The van der Waals surface area contributed by atoms with E-state index in [2.05, 4.69) is 5.32 Å². The Morgan fingerprint density at radius 1 is 1.31 bits per heavy atom. The second kappa shape index (κ2) is 4.85. The Hall–Kier alpha value is -1.05. The third kappa shape index (κ3) is 2.72. The van der Waals surface area contributed by atoms with Crippen LogP contribution in [0.5, 0.6) is 0 Å². The first-order chi connectivity index (χ1) is 6.27. The van der Waals surface area contributed by atoms with Crippen LogP contribution in [0.4, 0.5) is 10.1 Å². The maximum Gasteiger partial charge on any atom is 0.0900 e. The van der Waals surface area contributed by atoms with Crippen molar-refractivity contribution < 1.29 is 4.39 Å². The Labute approximate surface area is 79.0 Å². The second-order valence-electron chi connectivity index (χ2n) is 3.25. The van der Waals surface area contributed by atoms with Crippen LogP contribution in [0.2, 0.25) is 0 Å². The van der Waals surface area contributed by atoms with E-state index in [1.165, 1.54) is 5.56 Å². The van der Waals surface area contributed by atoms with Crippen molar-refractivity contribution in [3.8, 4) is 0 Å². The molecule has 13 heavy (non-hydrogen) atoms. The van der Waals surface area contributed by atoms with Crippen molar-refractivity contribution in [3.63, 3.8) is 0 Å². The van der Waals surface area contributed by atoms with Crippen LogP contribution in [-0.4, -0.2) is 13.7 Å². The van der Waals surface area contributed by atoms with Gasteiger partial charge in [-0.15, -0.1) is 0 Å². The van der Waals surface area contributed by atoms with E-state index >= 15 is 0 Å². The van der Waals surface area contributed by atoms with Crippen LogP contribution in [0, 0.1) is 0 Å². The minimum Gasteiger partial charge on any atom is -0.388 e. The Balaban J connectivity index is 2.67. The molecule has 1 atom stereocenters. The van der Waals surface area contributed by atoms with Crippen LogP contribution in [0.1, 0.15) is 24.8 Å². The van der Waals surface area contributed by atoms with Crippen LogP contribution in [0.3, 0.4) is 0 Å². The molecular formula is C11H16FN. The van der Waals surface area contributed by atoms with Gasteiger partial charge in [0, 0.05) is 12.7 Å². The van der Waals surface area contributed by atoms with Crippen molar-refractivity contribution in [2.24, 2.45) is 0 Å². The highest BCUT2D eigenvalue weighted by atomic mass is 19.1. The molecule has 1 aromatic rings. The van der Waals surface area contributed by atoms with Crippen molar-refractivity contribution in [3.05, 3.63) is 29.8 Å². The van der Waals surface area contributed by atoms with E-state index in [4.69, 9.17) is 0 Å². The SMILES string of the molecule is CNc1ccc(C(C)CCF)cc1. The molecular weight excluding hydrogens is 165 g/mol. The van der Waals surface area contributed by atoms with Crippen LogP contribution in [0.15, 0.2) is 24.3 Å². The number of hydrogen-bond donors (Lipinski definition) is 1. The summed E-state index contributed by atoms with van der Waals surface area (Å²) >= 11 is 0. The molecule has 0 spiro atoms. The summed E-state index contributed by atoms with van der Waals surface area (Å²) in [5.74, 6) is 0.316. The highest BCUT2D eigenvalue weighted by molar-refractivity contribution is 5.44. The molecule has 0 saturated carbocycles. The minimum atomic E-state index is -0.241. The van der Waals surface area contributed by atoms with Gasteiger partial charge in [0.2, 0.25) is 0 Å². The molecule has 0 amide bonds. The summed E-state index contributed by atoms with van der Waals surface area (Å²) in [6.45, 7) is 1.81. The number of halogens is 1. The zero-order chi connectivity index (χ0) is 9.68. The summed E-state index contributed by atoms with van der Waals surface area (Å²) in [6.07, 6.45) is 0.610. The lowest BCUT2D eigenvalue weighted by Crippen LogP contribution is -1.95. The van der Waals surface area contributed by atoms with E-state index in [0.29, 0.717) is 12.3 Å². The molecule has 2 heteroatoms. The number of anilines is 1. The minimum absolute atomic E-state index is 0.241. The maximum atomic E-state index is 12.1. The quantitative estimate of drug-likeness (QED) is 0.752. The Bertz CT molecular complexity index is 243. The van der Waals surface area contributed by atoms with E-state index < -0.39 is 0 Å². The second-order valence-corrected chi connectivity index (χ2v) is 3.25. The number of hydrogen-bond acceptors (Lipinski definition) is 1. The zero-order valence-corrected chi connectivity index (χ0v) is 8.18. The number of nitrogens with one attached hydrogen (secondary N) is 1. The predicted molar refractivity (Wildman–Crippen MR) is 55.0 cm³/mol. The molecule has 1 nitrogen and oxygen atoms in total. The van der Waals surface area contributed by atoms with Crippen molar-refractivity contribution in [1.82, 2.24) is 0 Å². The van der Waals surface area contributed by atoms with Gasteiger partial charge in [0.25, 0.3) is 0 Å². The van der Waals surface area contributed by atoms with Gasteiger partial charge in [-0.25, -0.2) is 0 Å². The highest BCUT2D eigenvalue weighted by Crippen LogP contribution is 2.20. The predicted octanol–water partition coefficient (Wildman–Crippen LogP) is 3.19. The van der Waals surface area contributed by atoms with Gasteiger partial charge in [0.1, 0.15) is 0 Å². The molecule has 0 heterocycles. The summed E-state index contributed by atoms with van der Waals surface area (Å²) in [5, 5.41) is 3.05. The molecule has 0 aliphatic rings. The van der Waals surface area contributed by atoms with Crippen molar-refractivity contribution >= 4 is 5.69 Å². The molecule has 0 aliphatic carbocycles. The van der Waals surface area contributed by atoms with Gasteiger partial charge in [-0.05, 0) is 30.0 Å².